The molecule has 0 spiro atoms. The van der Waals surface area contributed by atoms with Crippen LogP contribution in [0.5, 0.6) is 0 Å². The summed E-state index contributed by atoms with van der Waals surface area (Å²) in [4.78, 5) is 15.7. The Hall–Kier alpha value is -1.62. The highest BCUT2D eigenvalue weighted by Crippen LogP contribution is 2.20. The van der Waals surface area contributed by atoms with Crippen molar-refractivity contribution in [3.05, 3.63) is 30.1 Å². The van der Waals surface area contributed by atoms with Crippen molar-refractivity contribution in [3.8, 4) is 0 Å². The lowest BCUT2D eigenvalue weighted by Gasteiger charge is -2.36. The number of hydrogen-bond donors (Lipinski definition) is 0. The molecular weight excluding hydrogens is 271 g/mol. The van der Waals surface area contributed by atoms with Crippen molar-refractivity contribution in [2.24, 2.45) is 0 Å². The van der Waals surface area contributed by atoms with Gasteiger partial charge in [-0.25, -0.2) is 4.39 Å². The molecule has 0 N–H and O–H groups in total. The minimum Gasteiger partial charge on any atom is -0.466 e. The monoisotopic (exact) mass is 294 g/mol. The molecule has 1 fully saturated rings. The van der Waals surface area contributed by atoms with Crippen LogP contribution in [-0.4, -0.2) is 50.2 Å². The van der Waals surface area contributed by atoms with E-state index in [-0.39, 0.29) is 11.8 Å². The van der Waals surface area contributed by atoms with Crippen LogP contribution in [0, 0.1) is 5.82 Å². The Balaban J connectivity index is 1.71. The minimum atomic E-state index is -0.159. The standard InChI is InChI=1S/C16H23FN2O2/c1-2-21-16(20)8-5-9-18-10-12-19(13-11-18)15-7-4-3-6-14(15)17/h3-4,6-7H,2,5,8-13H2,1H3. The SMILES string of the molecule is CCOC(=O)CCCN1CCN(c2ccccc2F)CC1. The fourth-order valence-electron chi connectivity index (χ4n) is 2.60. The summed E-state index contributed by atoms with van der Waals surface area (Å²) in [6.45, 7) is 6.60. The summed E-state index contributed by atoms with van der Waals surface area (Å²) in [5.74, 6) is -0.282. The summed E-state index contributed by atoms with van der Waals surface area (Å²) in [6.07, 6.45) is 1.29. The molecule has 21 heavy (non-hydrogen) atoms. The lowest BCUT2D eigenvalue weighted by atomic mass is 10.2. The summed E-state index contributed by atoms with van der Waals surface area (Å²) in [7, 11) is 0. The van der Waals surface area contributed by atoms with Crippen LogP contribution in [0.3, 0.4) is 0 Å². The van der Waals surface area contributed by atoms with Crippen LogP contribution in [0.2, 0.25) is 0 Å². The molecule has 0 unspecified atom stereocenters. The van der Waals surface area contributed by atoms with E-state index in [0.717, 1.165) is 39.1 Å². The average molecular weight is 294 g/mol. The quantitative estimate of drug-likeness (QED) is 0.754. The van der Waals surface area contributed by atoms with E-state index in [0.29, 0.717) is 18.7 Å². The highest BCUT2D eigenvalue weighted by atomic mass is 19.1. The van der Waals surface area contributed by atoms with Crippen LogP contribution < -0.4 is 4.90 Å². The van der Waals surface area contributed by atoms with Crippen molar-refractivity contribution < 1.29 is 13.9 Å². The third-order valence-electron chi connectivity index (χ3n) is 3.73. The van der Waals surface area contributed by atoms with Gasteiger partial charge in [0.2, 0.25) is 0 Å². The van der Waals surface area contributed by atoms with Crippen LogP contribution in [0.4, 0.5) is 10.1 Å². The first-order valence-corrected chi connectivity index (χ1v) is 7.58. The first kappa shape index (κ1) is 15.8. The van der Waals surface area contributed by atoms with Gasteiger partial charge < -0.3 is 9.64 Å². The van der Waals surface area contributed by atoms with E-state index >= 15 is 0 Å². The van der Waals surface area contributed by atoms with Crippen molar-refractivity contribution in [1.82, 2.24) is 4.90 Å². The molecule has 0 aromatic heterocycles. The molecule has 0 aliphatic carbocycles. The Labute approximate surface area is 125 Å². The second kappa shape index (κ2) is 7.98. The van der Waals surface area contributed by atoms with E-state index < -0.39 is 0 Å². The van der Waals surface area contributed by atoms with Gasteiger partial charge in [0.1, 0.15) is 5.82 Å². The maximum absolute atomic E-state index is 13.7. The molecule has 1 aromatic rings. The van der Waals surface area contributed by atoms with E-state index in [9.17, 15) is 9.18 Å². The van der Waals surface area contributed by atoms with Crippen molar-refractivity contribution >= 4 is 11.7 Å². The average Bonchev–Trinajstić information content (AvgIpc) is 2.49. The lowest BCUT2D eigenvalue weighted by Crippen LogP contribution is -2.47. The molecule has 1 aliphatic rings. The Morgan fingerprint density at radius 1 is 1.24 bits per heavy atom. The van der Waals surface area contributed by atoms with Crippen LogP contribution in [0.15, 0.2) is 24.3 Å². The number of carbonyl (C=O) groups excluding carboxylic acids is 1. The lowest BCUT2D eigenvalue weighted by molar-refractivity contribution is -0.143. The van der Waals surface area contributed by atoms with Crippen molar-refractivity contribution in [3.63, 3.8) is 0 Å². The van der Waals surface area contributed by atoms with Crippen molar-refractivity contribution in [2.75, 3.05) is 44.2 Å². The molecule has 0 radical (unpaired) electrons. The van der Waals surface area contributed by atoms with Gasteiger partial charge >= 0.3 is 5.97 Å². The Morgan fingerprint density at radius 2 is 1.95 bits per heavy atom. The highest BCUT2D eigenvalue weighted by molar-refractivity contribution is 5.69. The molecule has 4 nitrogen and oxygen atoms in total. The normalized spacial score (nSPS) is 16.0. The fraction of sp³-hybridized carbons (Fsp3) is 0.562. The largest absolute Gasteiger partial charge is 0.466 e. The molecule has 1 saturated heterocycles. The van der Waals surface area contributed by atoms with E-state index in [1.165, 1.54) is 6.07 Å². The van der Waals surface area contributed by atoms with Crippen LogP contribution in [-0.2, 0) is 9.53 Å². The van der Waals surface area contributed by atoms with E-state index in [1.807, 2.05) is 19.1 Å². The van der Waals surface area contributed by atoms with Gasteiger partial charge in [-0.1, -0.05) is 12.1 Å². The topological polar surface area (TPSA) is 32.8 Å². The van der Waals surface area contributed by atoms with E-state index in [1.54, 1.807) is 6.07 Å². The number of halogens is 1. The number of piperazine rings is 1. The molecule has 0 amide bonds. The molecule has 0 bridgehead atoms. The number of rotatable bonds is 6. The maximum Gasteiger partial charge on any atom is 0.305 e. The highest BCUT2D eigenvalue weighted by Gasteiger charge is 2.19. The summed E-state index contributed by atoms with van der Waals surface area (Å²) in [5, 5.41) is 0. The molecule has 5 heteroatoms. The molecule has 1 heterocycles. The van der Waals surface area contributed by atoms with E-state index in [4.69, 9.17) is 4.74 Å². The molecule has 116 valence electrons. The van der Waals surface area contributed by atoms with Crippen molar-refractivity contribution in [2.45, 2.75) is 19.8 Å². The summed E-state index contributed by atoms with van der Waals surface area (Å²) in [5.41, 5.74) is 0.684. The predicted octanol–water partition coefficient (Wildman–Crippen LogP) is 2.29. The first-order valence-electron chi connectivity index (χ1n) is 7.58. The molecule has 1 aromatic carbocycles. The Morgan fingerprint density at radius 3 is 2.62 bits per heavy atom. The smallest absolute Gasteiger partial charge is 0.305 e. The van der Waals surface area contributed by atoms with Gasteiger partial charge in [-0.3, -0.25) is 9.69 Å². The van der Waals surface area contributed by atoms with Gasteiger partial charge in [0.15, 0.2) is 0 Å². The van der Waals surface area contributed by atoms with Gasteiger partial charge in [-0.05, 0) is 32.0 Å². The zero-order valence-electron chi connectivity index (χ0n) is 12.6. The third-order valence-corrected chi connectivity index (χ3v) is 3.73. The van der Waals surface area contributed by atoms with Gasteiger partial charge in [-0.2, -0.15) is 0 Å². The second-order valence-electron chi connectivity index (χ2n) is 5.19. The molecule has 2 rings (SSSR count). The Bertz CT molecular complexity index is 459. The number of esters is 1. The number of benzene rings is 1. The van der Waals surface area contributed by atoms with E-state index in [2.05, 4.69) is 9.80 Å². The summed E-state index contributed by atoms with van der Waals surface area (Å²) in [6, 6.07) is 6.90. The molecule has 0 atom stereocenters. The minimum absolute atomic E-state index is 0.123. The number of nitrogens with zero attached hydrogens (tertiary/aromatic N) is 2. The fourth-order valence-corrected chi connectivity index (χ4v) is 2.60. The van der Waals surface area contributed by atoms with Crippen LogP contribution in [0.1, 0.15) is 19.8 Å². The number of anilines is 1. The van der Waals surface area contributed by atoms with Gasteiger partial charge in [0.05, 0.1) is 12.3 Å². The molecular formula is C16H23FN2O2. The van der Waals surface area contributed by atoms with Gasteiger partial charge in [0, 0.05) is 32.6 Å². The second-order valence-corrected chi connectivity index (χ2v) is 5.19. The molecule has 0 saturated carbocycles. The number of para-hydroxylation sites is 1. The number of ether oxygens (including phenoxy) is 1. The van der Waals surface area contributed by atoms with Crippen LogP contribution in [0.25, 0.3) is 0 Å². The van der Waals surface area contributed by atoms with Gasteiger partial charge in [0.25, 0.3) is 0 Å². The predicted molar refractivity (Wildman–Crippen MR) is 80.9 cm³/mol. The summed E-state index contributed by atoms with van der Waals surface area (Å²) < 4.78 is 18.6. The summed E-state index contributed by atoms with van der Waals surface area (Å²) >= 11 is 0. The number of hydrogen-bond acceptors (Lipinski definition) is 4. The van der Waals surface area contributed by atoms with Gasteiger partial charge in [-0.15, -0.1) is 0 Å². The zero-order valence-corrected chi connectivity index (χ0v) is 12.6. The maximum atomic E-state index is 13.7. The Kier molecular flexibility index (Phi) is 5.99. The first-order chi connectivity index (χ1) is 10.2. The molecule has 1 aliphatic heterocycles. The van der Waals surface area contributed by atoms with Crippen LogP contribution >= 0.6 is 0 Å². The third kappa shape index (κ3) is 4.70. The zero-order chi connectivity index (χ0) is 15.1. The number of carbonyl (C=O) groups is 1. The van der Waals surface area contributed by atoms with Crippen molar-refractivity contribution in [1.29, 1.82) is 0 Å².